The number of rotatable bonds is 5. The van der Waals surface area contributed by atoms with Crippen LogP contribution in [0.25, 0.3) is 0 Å². The Labute approximate surface area is 155 Å². The van der Waals surface area contributed by atoms with Crippen molar-refractivity contribution in [3.05, 3.63) is 28.8 Å². The number of aliphatic hydroxyl groups is 1. The second-order valence-electron chi connectivity index (χ2n) is 6.24. The highest BCUT2D eigenvalue weighted by atomic mass is 19.4. The molecule has 28 heavy (non-hydrogen) atoms. The van der Waals surface area contributed by atoms with Gasteiger partial charge in [-0.3, -0.25) is 4.90 Å². The number of halogens is 8. The molecule has 0 spiro atoms. The molecule has 0 bridgehead atoms. The van der Waals surface area contributed by atoms with Crippen molar-refractivity contribution < 1.29 is 45.0 Å². The summed E-state index contributed by atoms with van der Waals surface area (Å²) >= 11 is 0. The van der Waals surface area contributed by atoms with Crippen LogP contribution in [0.2, 0.25) is 0 Å². The van der Waals surface area contributed by atoms with E-state index in [1.54, 1.807) is 0 Å². The Morgan fingerprint density at radius 2 is 1.61 bits per heavy atom. The van der Waals surface area contributed by atoms with Crippen LogP contribution >= 0.6 is 0 Å². The minimum absolute atomic E-state index is 0.0955. The Hall–Kier alpha value is -1.66. The number of alkyl halides is 8. The van der Waals surface area contributed by atoms with Crippen LogP contribution < -0.4 is 10.1 Å². The van der Waals surface area contributed by atoms with Crippen LogP contribution in [0.1, 0.15) is 22.7 Å². The predicted octanol–water partition coefficient (Wildman–Crippen LogP) is 3.31. The Morgan fingerprint density at radius 3 is 2.04 bits per heavy atom. The van der Waals surface area contributed by atoms with Crippen molar-refractivity contribution >= 4 is 0 Å². The van der Waals surface area contributed by atoms with E-state index >= 15 is 0 Å². The Morgan fingerprint density at radius 1 is 1.04 bits per heavy atom. The summed E-state index contributed by atoms with van der Waals surface area (Å²) in [5.74, 6) is -5.04. The van der Waals surface area contributed by atoms with Gasteiger partial charge in [-0.15, -0.1) is 0 Å². The van der Waals surface area contributed by atoms with E-state index < -0.39 is 53.4 Å². The molecule has 1 aliphatic heterocycles. The Kier molecular flexibility index (Phi) is 6.46. The van der Waals surface area contributed by atoms with Crippen LogP contribution in [0.15, 0.2) is 12.1 Å². The second-order valence-corrected chi connectivity index (χ2v) is 6.24. The standard InChI is InChI=1S/C16H18F8N2O2/c1-28-11-7-9(15(19,20)21)6-10(16(22,23)24)12(11)13(14(17,18)8-27)26-4-2-25-3-5-26/h6-7,13,25,27H,2-5,8H2,1H3/t13-/m1/s1. The number of aliphatic hydroxyl groups excluding tert-OH is 1. The van der Waals surface area contributed by atoms with Gasteiger partial charge in [0.15, 0.2) is 0 Å². The van der Waals surface area contributed by atoms with E-state index in [1.807, 2.05) is 0 Å². The largest absolute Gasteiger partial charge is 0.496 e. The van der Waals surface area contributed by atoms with Crippen LogP contribution in [0.3, 0.4) is 0 Å². The quantitative estimate of drug-likeness (QED) is 0.715. The molecule has 2 rings (SSSR count). The maximum atomic E-state index is 14.5. The molecule has 12 heteroatoms. The molecule has 1 aliphatic rings. The smallest absolute Gasteiger partial charge is 0.416 e. The monoisotopic (exact) mass is 422 g/mol. The highest BCUT2D eigenvalue weighted by Gasteiger charge is 2.50. The zero-order valence-electron chi connectivity index (χ0n) is 14.6. The maximum Gasteiger partial charge on any atom is 0.416 e. The van der Waals surface area contributed by atoms with Crippen molar-refractivity contribution in [2.45, 2.75) is 24.3 Å². The lowest BCUT2D eigenvalue weighted by Gasteiger charge is -2.40. The molecular weight excluding hydrogens is 404 g/mol. The number of methoxy groups -OCH3 is 1. The lowest BCUT2D eigenvalue weighted by Crippen LogP contribution is -2.51. The third-order valence-electron chi connectivity index (χ3n) is 4.40. The van der Waals surface area contributed by atoms with Gasteiger partial charge in [-0.25, -0.2) is 8.78 Å². The average molecular weight is 422 g/mol. The van der Waals surface area contributed by atoms with E-state index in [0.717, 1.165) is 12.0 Å². The van der Waals surface area contributed by atoms with Gasteiger partial charge in [0.1, 0.15) is 18.4 Å². The van der Waals surface area contributed by atoms with E-state index in [2.05, 4.69) is 10.1 Å². The first-order chi connectivity index (χ1) is 12.8. The summed E-state index contributed by atoms with van der Waals surface area (Å²) in [5.41, 5.74) is -4.69. The van der Waals surface area contributed by atoms with Gasteiger partial charge < -0.3 is 15.2 Å². The molecule has 4 nitrogen and oxygen atoms in total. The topological polar surface area (TPSA) is 44.7 Å². The number of nitrogens with zero attached hydrogens (tertiary/aromatic N) is 1. The van der Waals surface area contributed by atoms with Crippen LogP contribution in [-0.2, 0) is 12.4 Å². The van der Waals surface area contributed by atoms with Crippen molar-refractivity contribution in [2.24, 2.45) is 0 Å². The first-order valence-corrected chi connectivity index (χ1v) is 8.12. The fraction of sp³-hybridized carbons (Fsp3) is 0.625. The summed E-state index contributed by atoms with van der Waals surface area (Å²) < 4.78 is 114. The molecule has 1 aromatic rings. The summed E-state index contributed by atoms with van der Waals surface area (Å²) in [6.45, 7) is -1.61. The molecule has 1 aromatic carbocycles. The highest BCUT2D eigenvalue weighted by Crippen LogP contribution is 2.48. The number of benzene rings is 1. The fourth-order valence-corrected chi connectivity index (χ4v) is 3.16. The molecule has 0 unspecified atom stereocenters. The van der Waals surface area contributed by atoms with E-state index in [9.17, 15) is 35.1 Å². The van der Waals surface area contributed by atoms with Crippen molar-refractivity contribution in [3.63, 3.8) is 0 Å². The number of nitrogens with one attached hydrogen (secondary N) is 1. The van der Waals surface area contributed by atoms with Gasteiger partial charge in [-0.2, -0.15) is 26.3 Å². The summed E-state index contributed by atoms with van der Waals surface area (Å²) in [5, 5.41) is 11.9. The minimum atomic E-state index is -5.36. The summed E-state index contributed by atoms with van der Waals surface area (Å²) in [4.78, 5) is 0.993. The van der Waals surface area contributed by atoms with Crippen molar-refractivity contribution in [3.8, 4) is 5.75 Å². The fourth-order valence-electron chi connectivity index (χ4n) is 3.16. The van der Waals surface area contributed by atoms with Crippen LogP contribution in [0, 0.1) is 0 Å². The maximum absolute atomic E-state index is 14.5. The predicted molar refractivity (Wildman–Crippen MR) is 82.2 cm³/mol. The normalized spacial score (nSPS) is 18.2. The summed E-state index contributed by atoms with van der Waals surface area (Å²) in [6.07, 6.45) is -10.5. The van der Waals surface area contributed by atoms with Gasteiger partial charge in [0, 0.05) is 31.7 Å². The number of hydrogen-bond donors (Lipinski definition) is 2. The second kappa shape index (κ2) is 7.99. The SMILES string of the molecule is COc1cc(C(F)(F)F)cc(C(F)(F)F)c1[C@@H](N1CCNCC1)C(F)(F)CO. The van der Waals surface area contributed by atoms with Crippen LogP contribution in [0.5, 0.6) is 5.75 Å². The molecule has 1 saturated heterocycles. The molecule has 1 atom stereocenters. The highest BCUT2D eigenvalue weighted by molar-refractivity contribution is 5.49. The van der Waals surface area contributed by atoms with E-state index in [0.29, 0.717) is 0 Å². The van der Waals surface area contributed by atoms with Crippen LogP contribution in [0.4, 0.5) is 35.1 Å². The Bertz CT molecular complexity index is 684. The lowest BCUT2D eigenvalue weighted by molar-refractivity contribution is -0.148. The average Bonchev–Trinajstić information content (AvgIpc) is 2.60. The molecule has 0 radical (unpaired) electrons. The summed E-state index contributed by atoms with van der Waals surface area (Å²) in [6, 6.07) is -2.28. The lowest BCUT2D eigenvalue weighted by atomic mass is 9.90. The minimum Gasteiger partial charge on any atom is -0.496 e. The molecule has 0 aromatic heterocycles. The van der Waals surface area contributed by atoms with Crippen molar-refractivity contribution in [1.82, 2.24) is 10.2 Å². The van der Waals surface area contributed by atoms with E-state index in [1.165, 1.54) is 0 Å². The third kappa shape index (κ3) is 4.66. The van der Waals surface area contributed by atoms with Gasteiger partial charge in [0.05, 0.1) is 18.2 Å². The molecule has 0 amide bonds. The van der Waals surface area contributed by atoms with Crippen LogP contribution in [-0.4, -0.2) is 55.8 Å². The molecule has 0 saturated carbocycles. The van der Waals surface area contributed by atoms with Gasteiger partial charge in [-0.05, 0) is 12.1 Å². The molecule has 1 heterocycles. The van der Waals surface area contributed by atoms with Gasteiger partial charge in [0.2, 0.25) is 0 Å². The number of hydrogen-bond acceptors (Lipinski definition) is 4. The van der Waals surface area contributed by atoms with Gasteiger partial charge in [0.25, 0.3) is 5.92 Å². The first-order valence-electron chi connectivity index (χ1n) is 8.12. The third-order valence-corrected chi connectivity index (χ3v) is 4.40. The van der Waals surface area contributed by atoms with Gasteiger partial charge >= 0.3 is 12.4 Å². The van der Waals surface area contributed by atoms with Crippen molar-refractivity contribution in [2.75, 3.05) is 39.9 Å². The Balaban J connectivity index is 2.80. The molecular formula is C16H18F8N2O2. The molecule has 2 N–H and O–H groups in total. The van der Waals surface area contributed by atoms with Gasteiger partial charge in [-0.1, -0.05) is 0 Å². The number of piperazine rings is 1. The molecule has 0 aliphatic carbocycles. The van der Waals surface area contributed by atoms with E-state index in [4.69, 9.17) is 5.11 Å². The summed E-state index contributed by atoms with van der Waals surface area (Å²) in [7, 11) is 0.797. The zero-order valence-corrected chi connectivity index (χ0v) is 14.6. The first kappa shape index (κ1) is 22.6. The van der Waals surface area contributed by atoms with E-state index in [-0.39, 0.29) is 38.3 Å². The zero-order chi connectivity index (χ0) is 21.3. The number of ether oxygens (including phenoxy) is 1. The molecule has 160 valence electrons. The molecule has 1 fully saturated rings. The van der Waals surface area contributed by atoms with Crippen molar-refractivity contribution in [1.29, 1.82) is 0 Å².